The van der Waals surface area contributed by atoms with E-state index in [0.717, 1.165) is 6.42 Å². The average molecular weight is 250 g/mol. The Morgan fingerprint density at radius 3 is 2.67 bits per heavy atom. The predicted molar refractivity (Wildman–Crippen MR) is 68.8 cm³/mol. The number of hydrogen-bond donors (Lipinski definition) is 1. The number of para-hydroxylation sites is 2. The van der Waals surface area contributed by atoms with E-state index in [4.69, 9.17) is 4.74 Å². The number of nitrogens with one attached hydrogen (secondary N) is 1. The summed E-state index contributed by atoms with van der Waals surface area (Å²) in [5, 5.41) is 14.1. The molecular weight excluding hydrogens is 232 g/mol. The number of nitro groups is 1. The Labute approximate surface area is 106 Å². The Bertz CT molecular complexity index is 459. The lowest BCUT2D eigenvalue weighted by molar-refractivity contribution is -0.386. The maximum Gasteiger partial charge on any atom is 0.310 e. The molecule has 0 radical (unpaired) electrons. The summed E-state index contributed by atoms with van der Waals surface area (Å²) in [6.07, 6.45) is 0.881. The third-order valence-electron chi connectivity index (χ3n) is 3.86. The number of hydrogen-bond acceptors (Lipinski definition) is 4. The zero-order valence-corrected chi connectivity index (χ0v) is 10.8. The van der Waals surface area contributed by atoms with E-state index in [-0.39, 0.29) is 17.2 Å². The van der Waals surface area contributed by atoms with Gasteiger partial charge in [0.25, 0.3) is 0 Å². The van der Waals surface area contributed by atoms with Gasteiger partial charge in [0.1, 0.15) is 6.10 Å². The van der Waals surface area contributed by atoms with E-state index in [0.29, 0.717) is 11.8 Å². The van der Waals surface area contributed by atoms with Gasteiger partial charge in [-0.05, 0) is 13.1 Å². The van der Waals surface area contributed by atoms with E-state index in [1.807, 2.05) is 7.05 Å². The molecule has 1 N–H and O–H groups in total. The van der Waals surface area contributed by atoms with E-state index < -0.39 is 4.92 Å². The molecule has 2 atom stereocenters. The van der Waals surface area contributed by atoms with Crippen molar-refractivity contribution in [3.63, 3.8) is 0 Å². The van der Waals surface area contributed by atoms with Gasteiger partial charge in [-0.15, -0.1) is 0 Å². The lowest BCUT2D eigenvalue weighted by atomic mass is 9.64. The van der Waals surface area contributed by atoms with Crippen LogP contribution in [-0.4, -0.2) is 24.1 Å². The SMILES string of the molecule is CNC1CC(Oc2ccccc2[N+](=O)[O-])C1(C)C. The van der Waals surface area contributed by atoms with E-state index >= 15 is 0 Å². The molecule has 5 heteroatoms. The molecule has 0 aromatic heterocycles. The number of ether oxygens (including phenoxy) is 1. The second kappa shape index (κ2) is 4.57. The molecule has 98 valence electrons. The van der Waals surface area contributed by atoms with Crippen LogP contribution in [-0.2, 0) is 0 Å². The van der Waals surface area contributed by atoms with Crippen LogP contribution in [0.2, 0.25) is 0 Å². The number of nitro benzene ring substituents is 1. The standard InChI is InChI=1S/C13H18N2O3/c1-13(2)11(14-3)8-12(13)18-10-7-5-4-6-9(10)15(16)17/h4-7,11-12,14H,8H2,1-3H3. The lowest BCUT2D eigenvalue weighted by Crippen LogP contribution is -2.61. The molecule has 2 unspecified atom stereocenters. The Morgan fingerprint density at radius 1 is 1.44 bits per heavy atom. The van der Waals surface area contributed by atoms with Gasteiger partial charge < -0.3 is 10.1 Å². The summed E-state index contributed by atoms with van der Waals surface area (Å²) in [6, 6.07) is 6.92. The van der Waals surface area contributed by atoms with Gasteiger partial charge in [-0.25, -0.2) is 0 Å². The smallest absolute Gasteiger partial charge is 0.310 e. The molecule has 0 aliphatic heterocycles. The number of rotatable bonds is 4. The van der Waals surface area contributed by atoms with E-state index in [1.165, 1.54) is 6.07 Å². The first kappa shape index (κ1) is 12.8. The van der Waals surface area contributed by atoms with Crippen molar-refractivity contribution in [2.75, 3.05) is 7.05 Å². The highest BCUT2D eigenvalue weighted by molar-refractivity contribution is 5.46. The first-order valence-electron chi connectivity index (χ1n) is 6.04. The molecule has 1 aliphatic carbocycles. The summed E-state index contributed by atoms with van der Waals surface area (Å²) in [5.74, 6) is 0.357. The second-order valence-electron chi connectivity index (χ2n) is 5.23. The summed E-state index contributed by atoms with van der Waals surface area (Å²) in [4.78, 5) is 10.5. The molecule has 0 heterocycles. The van der Waals surface area contributed by atoms with Gasteiger partial charge in [-0.1, -0.05) is 26.0 Å². The van der Waals surface area contributed by atoms with Crippen LogP contribution >= 0.6 is 0 Å². The third kappa shape index (κ3) is 2.06. The minimum absolute atomic E-state index is 0.0102. The Morgan fingerprint density at radius 2 is 2.11 bits per heavy atom. The van der Waals surface area contributed by atoms with Crippen molar-refractivity contribution in [3.8, 4) is 5.75 Å². The zero-order chi connectivity index (χ0) is 13.3. The highest BCUT2D eigenvalue weighted by atomic mass is 16.6. The fourth-order valence-electron chi connectivity index (χ4n) is 2.44. The minimum Gasteiger partial charge on any atom is -0.483 e. The van der Waals surface area contributed by atoms with Gasteiger partial charge in [-0.3, -0.25) is 10.1 Å². The van der Waals surface area contributed by atoms with E-state index in [1.54, 1.807) is 18.2 Å². The van der Waals surface area contributed by atoms with Crippen molar-refractivity contribution in [2.45, 2.75) is 32.4 Å². The lowest BCUT2D eigenvalue weighted by Gasteiger charge is -2.51. The van der Waals surface area contributed by atoms with Crippen LogP contribution in [0.5, 0.6) is 5.75 Å². The van der Waals surface area contributed by atoms with Crippen molar-refractivity contribution in [3.05, 3.63) is 34.4 Å². The van der Waals surface area contributed by atoms with E-state index in [2.05, 4.69) is 19.2 Å². The van der Waals surface area contributed by atoms with Gasteiger partial charge >= 0.3 is 5.69 Å². The third-order valence-corrected chi connectivity index (χ3v) is 3.86. The first-order valence-corrected chi connectivity index (χ1v) is 6.04. The Hall–Kier alpha value is -1.62. The fraction of sp³-hybridized carbons (Fsp3) is 0.538. The highest BCUT2D eigenvalue weighted by Crippen LogP contribution is 2.44. The molecule has 0 amide bonds. The largest absolute Gasteiger partial charge is 0.483 e. The fourth-order valence-corrected chi connectivity index (χ4v) is 2.44. The average Bonchev–Trinajstić information content (AvgIpc) is 2.34. The maximum atomic E-state index is 10.9. The first-order chi connectivity index (χ1) is 8.46. The minimum atomic E-state index is -0.406. The summed E-state index contributed by atoms with van der Waals surface area (Å²) in [5.41, 5.74) is 0.0135. The zero-order valence-electron chi connectivity index (χ0n) is 10.8. The number of benzene rings is 1. The molecule has 0 bridgehead atoms. The molecule has 1 saturated carbocycles. The van der Waals surface area contributed by atoms with Gasteiger partial charge in [0.05, 0.1) is 4.92 Å². The summed E-state index contributed by atoms with van der Waals surface area (Å²) >= 11 is 0. The molecule has 5 nitrogen and oxygen atoms in total. The number of nitrogens with zero attached hydrogens (tertiary/aromatic N) is 1. The molecule has 1 aromatic rings. The van der Waals surface area contributed by atoms with Crippen LogP contribution in [0.3, 0.4) is 0 Å². The molecule has 2 rings (SSSR count). The van der Waals surface area contributed by atoms with Crippen LogP contribution < -0.4 is 10.1 Å². The molecule has 0 spiro atoms. The van der Waals surface area contributed by atoms with Crippen LogP contribution in [0.15, 0.2) is 24.3 Å². The molecule has 1 aliphatic rings. The molecule has 1 fully saturated rings. The van der Waals surface area contributed by atoms with Crippen molar-refractivity contribution >= 4 is 5.69 Å². The van der Waals surface area contributed by atoms with Crippen molar-refractivity contribution in [2.24, 2.45) is 5.41 Å². The van der Waals surface area contributed by atoms with Gasteiger partial charge in [0.2, 0.25) is 0 Å². The van der Waals surface area contributed by atoms with Crippen LogP contribution in [0.25, 0.3) is 0 Å². The quantitative estimate of drug-likeness (QED) is 0.658. The Balaban J connectivity index is 2.14. The monoisotopic (exact) mass is 250 g/mol. The molecule has 18 heavy (non-hydrogen) atoms. The van der Waals surface area contributed by atoms with Crippen LogP contribution in [0.4, 0.5) is 5.69 Å². The van der Waals surface area contributed by atoms with Crippen molar-refractivity contribution in [1.29, 1.82) is 0 Å². The topological polar surface area (TPSA) is 64.4 Å². The molecule has 0 saturated heterocycles. The van der Waals surface area contributed by atoms with Crippen molar-refractivity contribution in [1.82, 2.24) is 5.32 Å². The van der Waals surface area contributed by atoms with Gasteiger partial charge in [-0.2, -0.15) is 0 Å². The predicted octanol–water partition coefficient (Wildman–Crippen LogP) is 2.36. The van der Waals surface area contributed by atoms with E-state index in [9.17, 15) is 10.1 Å². The second-order valence-corrected chi connectivity index (χ2v) is 5.23. The van der Waals surface area contributed by atoms with Crippen molar-refractivity contribution < 1.29 is 9.66 Å². The molecule has 1 aromatic carbocycles. The van der Waals surface area contributed by atoms with Gasteiger partial charge in [0, 0.05) is 23.9 Å². The summed E-state index contributed by atoms with van der Waals surface area (Å²) in [7, 11) is 1.92. The summed E-state index contributed by atoms with van der Waals surface area (Å²) < 4.78 is 5.81. The Kier molecular flexibility index (Phi) is 3.26. The van der Waals surface area contributed by atoms with Crippen LogP contribution in [0, 0.1) is 15.5 Å². The normalized spacial score (nSPS) is 25.3. The molecular formula is C13H18N2O3. The highest BCUT2D eigenvalue weighted by Gasteiger charge is 2.49. The van der Waals surface area contributed by atoms with Gasteiger partial charge in [0.15, 0.2) is 5.75 Å². The maximum absolute atomic E-state index is 10.9. The summed E-state index contributed by atoms with van der Waals surface area (Å²) in [6.45, 7) is 4.22. The van der Waals surface area contributed by atoms with Crippen LogP contribution in [0.1, 0.15) is 20.3 Å².